The average molecular weight is 645 g/mol. The molecule has 4 rings (SSSR count). The van der Waals surface area contributed by atoms with Gasteiger partial charge < -0.3 is 19.2 Å². The lowest BCUT2D eigenvalue weighted by molar-refractivity contribution is 0.0517. The highest BCUT2D eigenvalue weighted by Gasteiger charge is 2.47. The van der Waals surface area contributed by atoms with Gasteiger partial charge in [-0.15, -0.1) is 0 Å². The molecule has 1 N–H and O–H groups in total. The Bertz CT molecular complexity index is 1660. The molecule has 3 heterocycles. The van der Waals surface area contributed by atoms with Gasteiger partial charge in [-0.05, 0) is 81.7 Å². The standard InChI is InChI=1S/C34H44N6O5Si/c1-11-43-29(41)27-13-12-24(19-37-27)38-30-36-15-14-26(39-30)22-16-23(18-35)28-25(17-22)34(8,21-44-46(9,10)33(5,6)7)20-40(28)31(42)45-32(2,3)4/h12-17,19H,11,20-21H2,1-10H3,(H,36,38,39). The Kier molecular flexibility index (Phi) is 9.61. The van der Waals surface area contributed by atoms with E-state index in [9.17, 15) is 14.9 Å². The second-order valence-electron chi connectivity index (χ2n) is 14.3. The average Bonchev–Trinajstić information content (AvgIpc) is 3.28. The molecule has 1 aromatic carbocycles. The van der Waals surface area contributed by atoms with Crippen molar-refractivity contribution in [2.75, 3.05) is 30.0 Å². The van der Waals surface area contributed by atoms with Gasteiger partial charge in [0.15, 0.2) is 8.32 Å². The van der Waals surface area contributed by atoms with E-state index in [1.165, 1.54) is 6.20 Å². The molecule has 244 valence electrons. The lowest BCUT2D eigenvalue weighted by atomic mass is 9.83. The van der Waals surface area contributed by atoms with Crippen LogP contribution < -0.4 is 10.2 Å². The van der Waals surface area contributed by atoms with Crippen molar-refractivity contribution in [2.45, 2.75) is 84.5 Å². The van der Waals surface area contributed by atoms with Crippen molar-refractivity contribution < 1.29 is 23.5 Å². The maximum absolute atomic E-state index is 13.5. The number of hydrogen-bond donors (Lipinski definition) is 1. The van der Waals surface area contributed by atoms with Crippen LogP contribution >= 0.6 is 0 Å². The minimum atomic E-state index is -2.15. The van der Waals surface area contributed by atoms with Crippen LogP contribution in [0.25, 0.3) is 11.3 Å². The number of anilines is 3. The first-order valence-corrected chi connectivity index (χ1v) is 18.2. The summed E-state index contributed by atoms with van der Waals surface area (Å²) in [5.41, 5.74) is 2.41. The first-order chi connectivity index (χ1) is 21.4. The molecule has 1 unspecified atom stereocenters. The summed E-state index contributed by atoms with van der Waals surface area (Å²) < 4.78 is 17.5. The number of esters is 1. The van der Waals surface area contributed by atoms with E-state index in [1.807, 2.05) is 26.8 Å². The number of pyridine rings is 1. The third-order valence-corrected chi connectivity index (χ3v) is 12.8. The number of rotatable bonds is 8. The van der Waals surface area contributed by atoms with Crippen LogP contribution in [0, 0.1) is 11.3 Å². The predicted molar refractivity (Wildman–Crippen MR) is 180 cm³/mol. The fourth-order valence-corrected chi connectivity index (χ4v) is 5.90. The normalized spacial score (nSPS) is 16.4. The Balaban J connectivity index is 1.73. The number of nitrogens with zero attached hydrogens (tertiary/aromatic N) is 5. The van der Waals surface area contributed by atoms with E-state index in [0.717, 1.165) is 5.56 Å². The highest BCUT2D eigenvalue weighted by atomic mass is 28.4. The first-order valence-electron chi connectivity index (χ1n) is 15.3. The molecule has 12 heteroatoms. The van der Waals surface area contributed by atoms with Gasteiger partial charge in [-0.2, -0.15) is 5.26 Å². The highest BCUT2D eigenvalue weighted by Crippen LogP contribution is 2.47. The Hall–Kier alpha value is -4.34. The third kappa shape index (κ3) is 7.54. The lowest BCUT2D eigenvalue weighted by Crippen LogP contribution is -2.46. The van der Waals surface area contributed by atoms with E-state index in [0.29, 0.717) is 47.3 Å². The summed E-state index contributed by atoms with van der Waals surface area (Å²) in [4.78, 5) is 40.3. The quantitative estimate of drug-likeness (QED) is 0.195. The smallest absolute Gasteiger partial charge is 0.414 e. The number of benzene rings is 1. The van der Waals surface area contributed by atoms with Crippen LogP contribution in [0.15, 0.2) is 42.7 Å². The van der Waals surface area contributed by atoms with Gasteiger partial charge in [0.05, 0.1) is 35.4 Å². The zero-order valence-corrected chi connectivity index (χ0v) is 29.4. The fourth-order valence-electron chi connectivity index (χ4n) is 4.79. The van der Waals surface area contributed by atoms with Crippen molar-refractivity contribution in [2.24, 2.45) is 0 Å². The number of carbonyl (C=O) groups excluding carboxylic acids is 2. The van der Waals surface area contributed by atoms with Gasteiger partial charge in [0.25, 0.3) is 0 Å². The number of nitrogens with one attached hydrogen (secondary N) is 1. The maximum Gasteiger partial charge on any atom is 0.414 e. The zero-order valence-electron chi connectivity index (χ0n) is 28.4. The van der Waals surface area contributed by atoms with E-state index in [-0.39, 0.29) is 17.3 Å². The summed E-state index contributed by atoms with van der Waals surface area (Å²) in [6.45, 7) is 21.2. The molecule has 0 fully saturated rings. The molecule has 2 aromatic heterocycles. The second kappa shape index (κ2) is 12.8. The molecule has 0 aliphatic carbocycles. The Labute approximate surface area is 272 Å². The first kappa shape index (κ1) is 34.5. The Morgan fingerprint density at radius 2 is 1.83 bits per heavy atom. The van der Waals surface area contributed by atoms with E-state index in [1.54, 1.807) is 42.3 Å². The number of hydrogen-bond acceptors (Lipinski definition) is 10. The van der Waals surface area contributed by atoms with Crippen molar-refractivity contribution in [3.05, 3.63) is 59.5 Å². The van der Waals surface area contributed by atoms with E-state index in [2.05, 4.69) is 62.1 Å². The number of aromatic nitrogens is 3. The van der Waals surface area contributed by atoms with Crippen molar-refractivity contribution in [3.63, 3.8) is 0 Å². The molecule has 46 heavy (non-hydrogen) atoms. The number of ether oxygens (including phenoxy) is 2. The van der Waals surface area contributed by atoms with Crippen LogP contribution in [-0.2, 0) is 19.3 Å². The molecular formula is C34H44N6O5Si. The highest BCUT2D eigenvalue weighted by molar-refractivity contribution is 6.74. The molecule has 0 radical (unpaired) electrons. The van der Waals surface area contributed by atoms with Crippen LogP contribution in [0.2, 0.25) is 18.1 Å². The van der Waals surface area contributed by atoms with Gasteiger partial charge in [0.1, 0.15) is 17.4 Å². The molecular weight excluding hydrogens is 600 g/mol. The largest absolute Gasteiger partial charge is 0.461 e. The maximum atomic E-state index is 13.5. The molecule has 11 nitrogen and oxygen atoms in total. The van der Waals surface area contributed by atoms with E-state index in [4.69, 9.17) is 18.9 Å². The summed E-state index contributed by atoms with van der Waals surface area (Å²) in [7, 11) is -2.15. The van der Waals surface area contributed by atoms with Crippen LogP contribution in [0.1, 0.15) is 77.0 Å². The van der Waals surface area contributed by atoms with Gasteiger partial charge in [-0.25, -0.2) is 24.5 Å². The van der Waals surface area contributed by atoms with Crippen molar-refractivity contribution in [1.82, 2.24) is 15.0 Å². The number of carbonyl (C=O) groups is 2. The van der Waals surface area contributed by atoms with Crippen LogP contribution in [0.5, 0.6) is 0 Å². The SMILES string of the molecule is CCOC(=O)c1ccc(Nc2nccc(-c3cc(C#N)c4c(c3)C(C)(CO[Si](C)(C)C(C)(C)C)CN4C(=O)OC(C)(C)C)n2)cn1. The van der Waals surface area contributed by atoms with Gasteiger partial charge in [-0.3, -0.25) is 4.90 Å². The lowest BCUT2D eigenvalue weighted by Gasteiger charge is -2.39. The van der Waals surface area contributed by atoms with Crippen LogP contribution in [-0.4, -0.2) is 60.7 Å². The van der Waals surface area contributed by atoms with Crippen molar-refractivity contribution >= 4 is 37.7 Å². The monoisotopic (exact) mass is 644 g/mol. The Morgan fingerprint density at radius 3 is 2.41 bits per heavy atom. The summed E-state index contributed by atoms with van der Waals surface area (Å²) in [5, 5.41) is 13.5. The van der Waals surface area contributed by atoms with Crippen LogP contribution in [0.3, 0.4) is 0 Å². The van der Waals surface area contributed by atoms with Gasteiger partial charge >= 0.3 is 12.1 Å². The summed E-state index contributed by atoms with van der Waals surface area (Å²) in [6, 6.07) is 11.0. The van der Waals surface area contributed by atoms with Crippen LogP contribution in [0.4, 0.5) is 22.1 Å². The minimum absolute atomic E-state index is 0.00563. The van der Waals surface area contributed by atoms with E-state index < -0.39 is 31.4 Å². The fraction of sp³-hybridized carbons (Fsp3) is 0.471. The van der Waals surface area contributed by atoms with Crippen molar-refractivity contribution in [3.8, 4) is 17.3 Å². The summed E-state index contributed by atoms with van der Waals surface area (Å²) in [5.74, 6) is -0.189. The zero-order chi connectivity index (χ0) is 34.1. The summed E-state index contributed by atoms with van der Waals surface area (Å²) >= 11 is 0. The van der Waals surface area contributed by atoms with E-state index >= 15 is 0 Å². The molecule has 0 saturated heterocycles. The molecule has 0 bridgehead atoms. The molecule has 1 aliphatic heterocycles. The number of fused-ring (bicyclic) bond motifs is 1. The summed E-state index contributed by atoms with van der Waals surface area (Å²) in [6.07, 6.45) is 2.62. The second-order valence-corrected chi connectivity index (χ2v) is 19.1. The molecule has 3 aromatic rings. The Morgan fingerprint density at radius 1 is 1.11 bits per heavy atom. The third-order valence-electron chi connectivity index (χ3n) is 8.28. The number of nitriles is 1. The molecule has 0 saturated carbocycles. The minimum Gasteiger partial charge on any atom is -0.461 e. The predicted octanol–water partition coefficient (Wildman–Crippen LogP) is 7.37. The van der Waals surface area contributed by atoms with Gasteiger partial charge in [0, 0.05) is 30.3 Å². The van der Waals surface area contributed by atoms with Gasteiger partial charge in [0.2, 0.25) is 5.95 Å². The molecule has 1 aliphatic rings. The van der Waals surface area contributed by atoms with Crippen molar-refractivity contribution in [1.29, 1.82) is 5.26 Å². The topological polar surface area (TPSA) is 140 Å². The number of amides is 1. The molecule has 1 atom stereocenters. The van der Waals surface area contributed by atoms with Gasteiger partial charge in [-0.1, -0.05) is 27.7 Å². The molecule has 1 amide bonds. The molecule has 0 spiro atoms.